The quantitative estimate of drug-likeness (QED) is 0.893. The first kappa shape index (κ1) is 16.4. The van der Waals surface area contributed by atoms with Gasteiger partial charge in [0.15, 0.2) is 0 Å². The third-order valence-corrected chi connectivity index (χ3v) is 4.38. The van der Waals surface area contributed by atoms with Gasteiger partial charge in [-0.3, -0.25) is 4.90 Å². The van der Waals surface area contributed by atoms with Crippen molar-refractivity contribution in [1.82, 2.24) is 10.2 Å². The molecule has 0 radical (unpaired) electrons. The molecule has 1 aliphatic rings. The van der Waals surface area contributed by atoms with Gasteiger partial charge in [-0.25, -0.2) is 8.78 Å². The predicted octanol–water partition coefficient (Wildman–Crippen LogP) is 3.56. The lowest BCUT2D eigenvalue weighted by molar-refractivity contribution is 0.0986. The van der Waals surface area contributed by atoms with Crippen molar-refractivity contribution in [1.29, 1.82) is 0 Å². The SMILES string of the molecule is CCCC1CNC(C(C)C)CN1Cc1ccc(F)cc1F. The maximum Gasteiger partial charge on any atom is 0.130 e. The molecule has 1 aromatic rings. The van der Waals surface area contributed by atoms with Gasteiger partial charge in [0.1, 0.15) is 11.6 Å². The van der Waals surface area contributed by atoms with Crippen LogP contribution in [0.4, 0.5) is 8.78 Å². The maximum absolute atomic E-state index is 13.9. The molecule has 1 heterocycles. The van der Waals surface area contributed by atoms with Crippen LogP contribution in [0.1, 0.15) is 39.2 Å². The van der Waals surface area contributed by atoms with Crippen molar-refractivity contribution in [2.45, 2.75) is 52.2 Å². The van der Waals surface area contributed by atoms with Gasteiger partial charge in [-0.2, -0.15) is 0 Å². The molecule has 0 amide bonds. The lowest BCUT2D eigenvalue weighted by atomic mass is 9.97. The van der Waals surface area contributed by atoms with E-state index < -0.39 is 11.6 Å². The van der Waals surface area contributed by atoms with E-state index in [0.717, 1.165) is 32.0 Å². The number of hydrogen-bond acceptors (Lipinski definition) is 2. The van der Waals surface area contributed by atoms with Gasteiger partial charge in [0.05, 0.1) is 0 Å². The fourth-order valence-electron chi connectivity index (χ4n) is 3.01. The van der Waals surface area contributed by atoms with Crippen molar-refractivity contribution in [3.05, 3.63) is 35.4 Å². The normalized spacial score (nSPS) is 23.7. The molecule has 2 atom stereocenters. The van der Waals surface area contributed by atoms with E-state index in [9.17, 15) is 8.78 Å². The van der Waals surface area contributed by atoms with Crippen LogP contribution in [0.25, 0.3) is 0 Å². The summed E-state index contributed by atoms with van der Waals surface area (Å²) in [4.78, 5) is 2.35. The molecular formula is C17H26F2N2. The number of nitrogens with zero attached hydrogens (tertiary/aromatic N) is 1. The second-order valence-corrected chi connectivity index (χ2v) is 6.37. The minimum absolute atomic E-state index is 0.425. The van der Waals surface area contributed by atoms with Crippen LogP contribution in [-0.4, -0.2) is 30.1 Å². The monoisotopic (exact) mass is 296 g/mol. The summed E-state index contributed by atoms with van der Waals surface area (Å²) in [6.07, 6.45) is 2.21. The fourth-order valence-corrected chi connectivity index (χ4v) is 3.01. The minimum Gasteiger partial charge on any atom is -0.311 e. The van der Waals surface area contributed by atoms with Crippen molar-refractivity contribution < 1.29 is 8.78 Å². The average molecular weight is 296 g/mol. The molecular weight excluding hydrogens is 270 g/mol. The zero-order chi connectivity index (χ0) is 15.4. The van der Waals surface area contributed by atoms with E-state index in [1.165, 1.54) is 6.07 Å². The molecule has 2 unspecified atom stereocenters. The van der Waals surface area contributed by atoms with Crippen molar-refractivity contribution in [2.75, 3.05) is 13.1 Å². The minimum atomic E-state index is -0.512. The molecule has 1 aliphatic heterocycles. The summed E-state index contributed by atoms with van der Waals surface area (Å²) in [5.41, 5.74) is 0.585. The molecule has 2 rings (SSSR count). The van der Waals surface area contributed by atoms with Gasteiger partial charge in [-0.05, 0) is 18.4 Å². The van der Waals surface area contributed by atoms with Crippen LogP contribution in [0.2, 0.25) is 0 Å². The molecule has 0 saturated carbocycles. The first-order valence-corrected chi connectivity index (χ1v) is 7.92. The van der Waals surface area contributed by atoms with Gasteiger partial charge in [0.25, 0.3) is 0 Å². The van der Waals surface area contributed by atoms with Crippen LogP contribution in [-0.2, 0) is 6.54 Å². The number of rotatable bonds is 5. The van der Waals surface area contributed by atoms with Crippen LogP contribution in [0.3, 0.4) is 0 Å². The second kappa shape index (κ2) is 7.32. The number of piperazine rings is 1. The molecule has 1 N–H and O–H groups in total. The third-order valence-electron chi connectivity index (χ3n) is 4.38. The van der Waals surface area contributed by atoms with Crippen molar-refractivity contribution in [2.24, 2.45) is 5.92 Å². The Morgan fingerprint density at radius 1 is 1.33 bits per heavy atom. The molecule has 118 valence electrons. The lowest BCUT2D eigenvalue weighted by Crippen LogP contribution is -2.57. The van der Waals surface area contributed by atoms with E-state index in [4.69, 9.17) is 0 Å². The lowest BCUT2D eigenvalue weighted by Gasteiger charge is -2.42. The maximum atomic E-state index is 13.9. The summed E-state index contributed by atoms with van der Waals surface area (Å²) < 4.78 is 26.9. The van der Waals surface area contributed by atoms with E-state index in [2.05, 4.69) is 31.0 Å². The average Bonchev–Trinajstić information content (AvgIpc) is 2.43. The van der Waals surface area contributed by atoms with Gasteiger partial charge >= 0.3 is 0 Å². The summed E-state index contributed by atoms with van der Waals surface area (Å²) in [6, 6.07) is 4.75. The molecule has 2 nitrogen and oxygen atoms in total. The summed E-state index contributed by atoms with van der Waals surface area (Å²) in [5, 5.41) is 3.60. The van der Waals surface area contributed by atoms with Crippen molar-refractivity contribution in [3.8, 4) is 0 Å². The number of nitrogens with one attached hydrogen (secondary N) is 1. The Morgan fingerprint density at radius 2 is 2.10 bits per heavy atom. The molecule has 0 spiro atoms. The van der Waals surface area contributed by atoms with E-state index >= 15 is 0 Å². The Balaban J connectivity index is 2.11. The summed E-state index contributed by atoms with van der Waals surface area (Å²) in [7, 11) is 0. The summed E-state index contributed by atoms with van der Waals surface area (Å²) in [6.45, 7) is 8.99. The Kier molecular flexibility index (Phi) is 5.71. The number of hydrogen-bond donors (Lipinski definition) is 1. The van der Waals surface area contributed by atoms with Crippen LogP contribution < -0.4 is 5.32 Å². The highest BCUT2D eigenvalue weighted by atomic mass is 19.1. The Hall–Kier alpha value is -1.00. The Bertz CT molecular complexity index is 462. The smallest absolute Gasteiger partial charge is 0.130 e. The topological polar surface area (TPSA) is 15.3 Å². The summed E-state index contributed by atoms with van der Waals surface area (Å²) >= 11 is 0. The molecule has 21 heavy (non-hydrogen) atoms. The predicted molar refractivity (Wildman–Crippen MR) is 82.1 cm³/mol. The van der Waals surface area contributed by atoms with Crippen LogP contribution in [0.15, 0.2) is 18.2 Å². The van der Waals surface area contributed by atoms with Crippen molar-refractivity contribution >= 4 is 0 Å². The fraction of sp³-hybridized carbons (Fsp3) is 0.647. The third kappa shape index (κ3) is 4.24. The van der Waals surface area contributed by atoms with E-state index in [-0.39, 0.29) is 0 Å². The Morgan fingerprint density at radius 3 is 2.71 bits per heavy atom. The van der Waals surface area contributed by atoms with Gasteiger partial charge in [0, 0.05) is 43.3 Å². The van der Waals surface area contributed by atoms with Crippen LogP contribution >= 0.6 is 0 Å². The number of halogens is 2. The first-order chi connectivity index (χ1) is 10.0. The Labute approximate surface area is 126 Å². The molecule has 1 aromatic carbocycles. The number of benzene rings is 1. The van der Waals surface area contributed by atoms with Crippen LogP contribution in [0.5, 0.6) is 0 Å². The van der Waals surface area contributed by atoms with Crippen LogP contribution in [0, 0.1) is 17.6 Å². The molecule has 0 aromatic heterocycles. The molecule has 1 fully saturated rings. The van der Waals surface area contributed by atoms with Gasteiger partial charge in [-0.15, -0.1) is 0 Å². The highest BCUT2D eigenvalue weighted by Gasteiger charge is 2.29. The van der Waals surface area contributed by atoms with Gasteiger partial charge in [0.2, 0.25) is 0 Å². The molecule has 0 bridgehead atoms. The molecule has 1 saturated heterocycles. The van der Waals surface area contributed by atoms with E-state index in [0.29, 0.717) is 30.1 Å². The highest BCUT2D eigenvalue weighted by molar-refractivity contribution is 5.18. The van der Waals surface area contributed by atoms with Crippen molar-refractivity contribution in [3.63, 3.8) is 0 Å². The molecule has 4 heteroatoms. The highest BCUT2D eigenvalue weighted by Crippen LogP contribution is 2.20. The van der Waals surface area contributed by atoms with E-state index in [1.54, 1.807) is 6.07 Å². The zero-order valence-corrected chi connectivity index (χ0v) is 13.2. The van der Waals surface area contributed by atoms with E-state index in [1.807, 2.05) is 0 Å². The standard InChI is InChI=1S/C17H26F2N2/c1-4-5-15-9-20-17(12(2)3)11-21(15)10-13-6-7-14(18)8-16(13)19/h6-8,12,15,17,20H,4-5,9-11H2,1-3H3. The van der Waals surface area contributed by atoms with Gasteiger partial charge in [-0.1, -0.05) is 33.3 Å². The molecule has 0 aliphatic carbocycles. The largest absolute Gasteiger partial charge is 0.311 e. The summed E-state index contributed by atoms with van der Waals surface area (Å²) in [5.74, 6) is -0.403. The second-order valence-electron chi connectivity index (χ2n) is 6.37. The van der Waals surface area contributed by atoms with Gasteiger partial charge < -0.3 is 5.32 Å². The zero-order valence-electron chi connectivity index (χ0n) is 13.2. The first-order valence-electron chi connectivity index (χ1n) is 7.92.